The fourth-order valence-electron chi connectivity index (χ4n) is 2.26. The van der Waals surface area contributed by atoms with Crippen molar-refractivity contribution in [3.8, 4) is 0 Å². The van der Waals surface area contributed by atoms with Gasteiger partial charge in [0.05, 0.1) is 12.0 Å². The van der Waals surface area contributed by atoms with Crippen molar-refractivity contribution in [2.75, 3.05) is 6.54 Å². The lowest BCUT2D eigenvalue weighted by atomic mass is 9.88. The van der Waals surface area contributed by atoms with Gasteiger partial charge < -0.3 is 11.1 Å². The third-order valence-electron chi connectivity index (χ3n) is 4.31. The van der Waals surface area contributed by atoms with E-state index in [0.29, 0.717) is 23.4 Å². The molecule has 2 aromatic heterocycles. The summed E-state index contributed by atoms with van der Waals surface area (Å²) >= 11 is 0. The molecule has 7 nitrogen and oxygen atoms in total. The molecule has 0 aliphatic carbocycles. The van der Waals surface area contributed by atoms with Gasteiger partial charge in [0.25, 0.3) is 5.56 Å². The van der Waals surface area contributed by atoms with E-state index in [1.807, 2.05) is 20.8 Å². The van der Waals surface area contributed by atoms with Gasteiger partial charge in [0, 0.05) is 30.1 Å². The maximum Gasteiger partial charge on any atom is 0.276 e. The van der Waals surface area contributed by atoms with E-state index in [9.17, 15) is 9.59 Å². The maximum atomic E-state index is 12.4. The second-order valence-corrected chi connectivity index (χ2v) is 6.14. The average Bonchev–Trinajstić information content (AvgIpc) is 2.91. The summed E-state index contributed by atoms with van der Waals surface area (Å²) in [6.45, 7) is 7.98. The van der Waals surface area contributed by atoms with Gasteiger partial charge in [-0.1, -0.05) is 13.8 Å². The smallest absolute Gasteiger partial charge is 0.276 e. The summed E-state index contributed by atoms with van der Waals surface area (Å²) in [6, 6.07) is 1.71. The van der Waals surface area contributed by atoms with E-state index in [4.69, 9.17) is 5.73 Å². The summed E-state index contributed by atoms with van der Waals surface area (Å²) in [7, 11) is 0. The van der Waals surface area contributed by atoms with Gasteiger partial charge in [0.1, 0.15) is 0 Å². The lowest BCUT2D eigenvalue weighted by Crippen LogP contribution is -2.55. The number of amides is 1. The molecule has 2 heterocycles. The molecular formula is C15H24ClN5O2. The van der Waals surface area contributed by atoms with Crippen molar-refractivity contribution in [3.63, 3.8) is 0 Å². The van der Waals surface area contributed by atoms with E-state index in [1.165, 1.54) is 4.52 Å². The molecule has 8 heteroatoms. The first-order valence-corrected chi connectivity index (χ1v) is 7.35. The second kappa shape index (κ2) is 7.14. The van der Waals surface area contributed by atoms with Crippen molar-refractivity contribution in [2.24, 2.45) is 11.7 Å². The quantitative estimate of drug-likeness (QED) is 0.747. The van der Waals surface area contributed by atoms with E-state index in [-0.39, 0.29) is 36.2 Å². The number of aryl methyl sites for hydroxylation is 1. The van der Waals surface area contributed by atoms with Crippen molar-refractivity contribution >= 4 is 24.0 Å². The Bertz CT molecular complexity index is 752. The topological polar surface area (TPSA) is 105 Å². The highest BCUT2D eigenvalue weighted by molar-refractivity contribution is 5.85. The van der Waals surface area contributed by atoms with Crippen LogP contribution in [-0.2, 0) is 11.2 Å². The Balaban J connectivity index is 0.00000264. The van der Waals surface area contributed by atoms with Crippen LogP contribution in [0.25, 0.3) is 5.65 Å². The Morgan fingerprint density at radius 1 is 1.52 bits per heavy atom. The molecule has 1 atom stereocenters. The van der Waals surface area contributed by atoms with E-state index >= 15 is 0 Å². The lowest BCUT2D eigenvalue weighted by Gasteiger charge is -2.33. The molecule has 128 valence electrons. The van der Waals surface area contributed by atoms with Gasteiger partial charge in [-0.2, -0.15) is 0 Å². The first-order chi connectivity index (χ1) is 10.3. The molecule has 0 aliphatic rings. The summed E-state index contributed by atoms with van der Waals surface area (Å²) in [5, 5.41) is 5.73. The van der Waals surface area contributed by atoms with Crippen molar-refractivity contribution < 1.29 is 4.79 Å². The summed E-state index contributed by atoms with van der Waals surface area (Å²) in [6.07, 6.45) is 1.62. The number of fused-ring (bicyclic) bond motifs is 1. The molecule has 4 N–H and O–H groups in total. The molecular weight excluding hydrogens is 318 g/mol. The molecule has 1 unspecified atom stereocenters. The number of aromatic nitrogens is 3. The molecule has 0 aromatic carbocycles. The van der Waals surface area contributed by atoms with Crippen LogP contribution in [0.3, 0.4) is 0 Å². The minimum absolute atomic E-state index is 0. The predicted molar refractivity (Wildman–Crippen MR) is 91.9 cm³/mol. The molecule has 0 bridgehead atoms. The number of aromatic amines is 1. The van der Waals surface area contributed by atoms with Gasteiger partial charge >= 0.3 is 0 Å². The Morgan fingerprint density at radius 3 is 2.74 bits per heavy atom. The maximum absolute atomic E-state index is 12.4. The number of hydrogen-bond acceptors (Lipinski definition) is 4. The van der Waals surface area contributed by atoms with Crippen molar-refractivity contribution in [2.45, 2.75) is 39.7 Å². The zero-order chi connectivity index (χ0) is 16.5. The van der Waals surface area contributed by atoms with Crippen LogP contribution in [0.5, 0.6) is 0 Å². The minimum atomic E-state index is -0.495. The third kappa shape index (κ3) is 3.73. The normalized spacial score (nSPS) is 13.7. The Labute approximate surface area is 141 Å². The van der Waals surface area contributed by atoms with Crippen LogP contribution in [0.4, 0.5) is 0 Å². The summed E-state index contributed by atoms with van der Waals surface area (Å²) in [5.74, 6) is -0.0391. The van der Waals surface area contributed by atoms with Crippen LogP contribution in [0, 0.1) is 12.8 Å². The molecule has 2 aromatic rings. The van der Waals surface area contributed by atoms with Crippen LogP contribution in [0.2, 0.25) is 0 Å². The first kappa shape index (κ1) is 19.2. The number of nitrogens with zero attached hydrogens (tertiary/aromatic N) is 2. The van der Waals surface area contributed by atoms with E-state index < -0.39 is 5.54 Å². The highest BCUT2D eigenvalue weighted by atomic mass is 35.5. The summed E-state index contributed by atoms with van der Waals surface area (Å²) < 4.78 is 1.33. The van der Waals surface area contributed by atoms with Crippen molar-refractivity contribution in [3.05, 3.63) is 33.9 Å². The predicted octanol–water partition coefficient (Wildman–Crippen LogP) is 0.785. The number of carbonyl (C=O) groups is 1. The van der Waals surface area contributed by atoms with Gasteiger partial charge in [-0.25, -0.2) is 9.50 Å². The van der Waals surface area contributed by atoms with E-state index in [2.05, 4.69) is 15.4 Å². The highest BCUT2D eigenvalue weighted by Gasteiger charge is 2.29. The zero-order valence-corrected chi connectivity index (χ0v) is 14.7. The molecule has 0 saturated heterocycles. The molecule has 23 heavy (non-hydrogen) atoms. The largest absolute Gasteiger partial charge is 0.349 e. The number of hydrogen-bond donors (Lipinski definition) is 3. The minimum Gasteiger partial charge on any atom is -0.349 e. The number of nitrogens with two attached hydrogens (primary N) is 1. The van der Waals surface area contributed by atoms with Gasteiger partial charge in [-0.15, -0.1) is 12.4 Å². The molecule has 0 aliphatic heterocycles. The monoisotopic (exact) mass is 341 g/mol. The molecule has 0 spiro atoms. The molecule has 0 radical (unpaired) electrons. The lowest BCUT2D eigenvalue weighted by molar-refractivity contribution is -0.122. The molecule has 2 rings (SSSR count). The first-order valence-electron chi connectivity index (χ1n) is 7.35. The van der Waals surface area contributed by atoms with Crippen LogP contribution < -0.4 is 16.6 Å². The van der Waals surface area contributed by atoms with Crippen LogP contribution in [-0.4, -0.2) is 32.6 Å². The summed E-state index contributed by atoms with van der Waals surface area (Å²) in [5.41, 5.74) is 6.53. The Kier molecular flexibility index (Phi) is 5.96. The fourth-order valence-corrected chi connectivity index (χ4v) is 2.26. The number of H-pyrrole nitrogens is 1. The second-order valence-electron chi connectivity index (χ2n) is 6.14. The SMILES string of the molecule is Cc1nc2cc[nH]n2c(=O)c1CC(=O)NC(C)(CN)C(C)C.Cl. The van der Waals surface area contributed by atoms with Crippen LogP contribution >= 0.6 is 12.4 Å². The molecule has 0 saturated carbocycles. The van der Waals surface area contributed by atoms with E-state index in [0.717, 1.165) is 0 Å². The van der Waals surface area contributed by atoms with Gasteiger partial charge in [-0.3, -0.25) is 14.7 Å². The highest BCUT2D eigenvalue weighted by Crippen LogP contribution is 2.15. The standard InChI is InChI=1S/C15H23N5O2.ClH/c1-9(2)15(4,8-16)19-13(21)7-11-10(3)18-12-5-6-17-20(12)14(11)22;/h5-6,9,17H,7-8,16H2,1-4H3,(H,19,21);1H. The van der Waals surface area contributed by atoms with E-state index in [1.54, 1.807) is 19.2 Å². The summed E-state index contributed by atoms with van der Waals surface area (Å²) in [4.78, 5) is 29.0. The van der Waals surface area contributed by atoms with Crippen LogP contribution in [0.15, 0.2) is 17.1 Å². The number of nitrogens with one attached hydrogen (secondary N) is 2. The number of halogens is 1. The Hall–Kier alpha value is -1.86. The van der Waals surface area contributed by atoms with Crippen molar-refractivity contribution in [1.29, 1.82) is 0 Å². The number of rotatable bonds is 5. The Morgan fingerprint density at radius 2 is 2.17 bits per heavy atom. The zero-order valence-electron chi connectivity index (χ0n) is 13.8. The van der Waals surface area contributed by atoms with Crippen LogP contribution in [0.1, 0.15) is 32.0 Å². The molecule has 1 amide bonds. The average molecular weight is 342 g/mol. The number of carbonyl (C=O) groups excluding carboxylic acids is 1. The van der Waals surface area contributed by atoms with Gasteiger partial charge in [0.15, 0.2) is 5.65 Å². The molecule has 0 fully saturated rings. The van der Waals surface area contributed by atoms with Gasteiger partial charge in [-0.05, 0) is 19.8 Å². The van der Waals surface area contributed by atoms with Gasteiger partial charge in [0.2, 0.25) is 5.91 Å². The fraction of sp³-hybridized carbons (Fsp3) is 0.533. The third-order valence-corrected chi connectivity index (χ3v) is 4.31. The van der Waals surface area contributed by atoms with Crippen molar-refractivity contribution in [1.82, 2.24) is 19.9 Å².